The van der Waals surface area contributed by atoms with Gasteiger partial charge in [-0.1, -0.05) is 30.3 Å². The van der Waals surface area contributed by atoms with Crippen LogP contribution in [0.4, 0.5) is 0 Å². The second kappa shape index (κ2) is 6.78. The molecule has 1 atom stereocenters. The second-order valence-electron chi connectivity index (χ2n) is 7.06. The van der Waals surface area contributed by atoms with E-state index in [4.69, 9.17) is 9.47 Å². The van der Waals surface area contributed by atoms with Crippen LogP contribution >= 0.6 is 0 Å². The minimum Gasteiger partial charge on any atom is -0.493 e. The van der Waals surface area contributed by atoms with Crippen LogP contribution in [0.15, 0.2) is 42.5 Å². The summed E-state index contributed by atoms with van der Waals surface area (Å²) in [6, 6.07) is 15.8. The fourth-order valence-corrected chi connectivity index (χ4v) is 3.21. The van der Waals surface area contributed by atoms with Crippen LogP contribution in [0.3, 0.4) is 0 Å². The third-order valence-corrected chi connectivity index (χ3v) is 4.78. The number of fused-ring (bicyclic) bond motifs is 1. The van der Waals surface area contributed by atoms with E-state index >= 15 is 0 Å². The molecular formula is C21H23NO3. The van der Waals surface area contributed by atoms with E-state index in [1.807, 2.05) is 12.1 Å². The summed E-state index contributed by atoms with van der Waals surface area (Å²) in [5, 5.41) is 19.8. The van der Waals surface area contributed by atoms with Gasteiger partial charge in [-0.15, -0.1) is 0 Å². The first-order valence-electron chi connectivity index (χ1n) is 8.45. The Hall–Kier alpha value is -2.51. The average Bonchev–Trinajstić information content (AvgIpc) is 3.03. The van der Waals surface area contributed by atoms with E-state index in [-0.39, 0.29) is 6.10 Å². The normalized spacial score (nSPS) is 15.3. The summed E-state index contributed by atoms with van der Waals surface area (Å²) in [7, 11) is 1.60. The highest BCUT2D eigenvalue weighted by Crippen LogP contribution is 2.38. The zero-order valence-electron chi connectivity index (χ0n) is 14.8. The quantitative estimate of drug-likeness (QED) is 0.901. The molecule has 1 unspecified atom stereocenters. The van der Waals surface area contributed by atoms with Crippen LogP contribution in [-0.2, 0) is 12.8 Å². The summed E-state index contributed by atoms with van der Waals surface area (Å²) >= 11 is 0. The minimum absolute atomic E-state index is 0.0441. The molecule has 0 bridgehead atoms. The number of hydrogen-bond acceptors (Lipinski definition) is 4. The molecule has 0 aromatic heterocycles. The number of aliphatic hydroxyl groups excluding tert-OH is 1. The topological polar surface area (TPSA) is 62.5 Å². The van der Waals surface area contributed by atoms with Crippen LogP contribution in [0.5, 0.6) is 11.5 Å². The Balaban J connectivity index is 1.84. The lowest BCUT2D eigenvalue weighted by molar-refractivity contribution is 0.0861. The lowest BCUT2D eigenvalue weighted by atomic mass is 9.84. The molecule has 1 aliphatic rings. The Labute approximate surface area is 148 Å². The predicted molar refractivity (Wildman–Crippen MR) is 95.6 cm³/mol. The Bertz CT molecular complexity index is 782. The van der Waals surface area contributed by atoms with Gasteiger partial charge in [-0.05, 0) is 42.7 Å². The number of ether oxygens (including phenoxy) is 2. The maximum Gasteiger partial charge on any atom is 0.161 e. The fourth-order valence-electron chi connectivity index (χ4n) is 3.21. The number of benzene rings is 2. The highest BCUT2D eigenvalue weighted by Gasteiger charge is 2.30. The molecule has 3 rings (SSSR count). The molecule has 0 spiro atoms. The zero-order chi connectivity index (χ0) is 18.0. The van der Waals surface area contributed by atoms with E-state index in [0.29, 0.717) is 17.1 Å². The number of nitriles is 1. The van der Waals surface area contributed by atoms with Gasteiger partial charge in [-0.3, -0.25) is 0 Å². The number of aliphatic hydroxyl groups is 1. The van der Waals surface area contributed by atoms with Gasteiger partial charge in [0.05, 0.1) is 24.7 Å². The van der Waals surface area contributed by atoms with Crippen LogP contribution in [0, 0.1) is 16.7 Å². The summed E-state index contributed by atoms with van der Waals surface area (Å²) in [5.41, 5.74) is 2.40. The smallest absolute Gasteiger partial charge is 0.161 e. The molecule has 1 N–H and O–H groups in total. The first-order valence-corrected chi connectivity index (χ1v) is 8.45. The lowest BCUT2D eigenvalue weighted by Crippen LogP contribution is -2.20. The Morgan fingerprint density at radius 1 is 1.12 bits per heavy atom. The van der Waals surface area contributed by atoms with Crippen molar-refractivity contribution >= 4 is 0 Å². The third kappa shape index (κ3) is 3.47. The Morgan fingerprint density at radius 2 is 1.76 bits per heavy atom. The van der Waals surface area contributed by atoms with Gasteiger partial charge < -0.3 is 14.6 Å². The third-order valence-electron chi connectivity index (χ3n) is 4.78. The van der Waals surface area contributed by atoms with Crippen molar-refractivity contribution in [2.24, 2.45) is 5.41 Å². The van der Waals surface area contributed by atoms with E-state index in [1.165, 1.54) is 11.1 Å². The van der Waals surface area contributed by atoms with E-state index < -0.39 is 11.5 Å². The molecule has 0 saturated heterocycles. The van der Waals surface area contributed by atoms with Crippen molar-refractivity contribution in [3.63, 3.8) is 0 Å². The van der Waals surface area contributed by atoms with Gasteiger partial charge in [0.2, 0.25) is 0 Å². The zero-order valence-corrected chi connectivity index (χ0v) is 14.8. The first kappa shape index (κ1) is 17.3. The minimum atomic E-state index is -0.897. The highest BCUT2D eigenvalue weighted by atomic mass is 16.5. The van der Waals surface area contributed by atoms with Gasteiger partial charge >= 0.3 is 0 Å². The van der Waals surface area contributed by atoms with E-state index in [1.54, 1.807) is 39.2 Å². The van der Waals surface area contributed by atoms with Crippen molar-refractivity contribution in [2.45, 2.75) is 38.9 Å². The van der Waals surface area contributed by atoms with Gasteiger partial charge in [0.15, 0.2) is 11.5 Å². The summed E-state index contributed by atoms with van der Waals surface area (Å²) in [6.07, 6.45) is 0.861. The van der Waals surface area contributed by atoms with Crippen LogP contribution < -0.4 is 9.47 Å². The molecule has 0 heterocycles. The molecule has 1 aliphatic carbocycles. The molecule has 130 valence electrons. The number of methoxy groups -OCH3 is 1. The largest absolute Gasteiger partial charge is 0.493 e. The van der Waals surface area contributed by atoms with Crippen LogP contribution in [0.25, 0.3) is 0 Å². The molecule has 4 nitrogen and oxygen atoms in total. The number of hydrogen-bond donors (Lipinski definition) is 1. The molecule has 0 saturated carbocycles. The number of nitrogens with zero attached hydrogens (tertiary/aromatic N) is 1. The number of rotatable bonds is 5. The molecule has 4 heteroatoms. The van der Waals surface area contributed by atoms with Crippen molar-refractivity contribution in [3.05, 3.63) is 59.2 Å². The predicted octanol–water partition coefficient (Wildman–Crippen LogP) is 3.82. The molecular weight excluding hydrogens is 314 g/mol. The molecule has 2 aromatic rings. The maximum absolute atomic E-state index is 10.5. The summed E-state index contributed by atoms with van der Waals surface area (Å²) < 4.78 is 11.6. The van der Waals surface area contributed by atoms with Crippen molar-refractivity contribution in [2.75, 3.05) is 7.11 Å². The molecule has 0 radical (unpaired) electrons. The standard InChI is InChI=1S/C21H23NO3/c1-21(2,13-22)20(23)16-8-9-18(24-3)19(12-16)25-17-10-14-6-4-5-7-15(14)11-17/h4-9,12,17,20,23H,10-11H2,1-3H3. The molecule has 0 aliphatic heterocycles. The van der Waals surface area contributed by atoms with Gasteiger partial charge in [-0.25, -0.2) is 0 Å². The van der Waals surface area contributed by atoms with Gasteiger partial charge in [0.25, 0.3) is 0 Å². The summed E-state index contributed by atoms with van der Waals surface area (Å²) in [6.45, 7) is 3.44. The lowest BCUT2D eigenvalue weighted by Gasteiger charge is -2.24. The molecule has 2 aromatic carbocycles. The monoisotopic (exact) mass is 337 g/mol. The molecule has 25 heavy (non-hydrogen) atoms. The van der Waals surface area contributed by atoms with E-state index in [0.717, 1.165) is 12.8 Å². The van der Waals surface area contributed by atoms with Crippen molar-refractivity contribution in [3.8, 4) is 17.6 Å². The summed E-state index contributed by atoms with van der Waals surface area (Å²) in [5.74, 6) is 1.23. The summed E-state index contributed by atoms with van der Waals surface area (Å²) in [4.78, 5) is 0. The second-order valence-corrected chi connectivity index (χ2v) is 7.06. The maximum atomic E-state index is 10.5. The van der Waals surface area contributed by atoms with Crippen LogP contribution in [0.2, 0.25) is 0 Å². The van der Waals surface area contributed by atoms with Gasteiger partial charge in [-0.2, -0.15) is 5.26 Å². The highest BCUT2D eigenvalue weighted by molar-refractivity contribution is 5.45. The Kier molecular flexibility index (Phi) is 4.69. The van der Waals surface area contributed by atoms with Crippen molar-refractivity contribution in [1.29, 1.82) is 5.26 Å². The van der Waals surface area contributed by atoms with Crippen LogP contribution in [0.1, 0.15) is 36.6 Å². The van der Waals surface area contributed by atoms with Crippen molar-refractivity contribution in [1.82, 2.24) is 0 Å². The van der Waals surface area contributed by atoms with E-state index in [2.05, 4.69) is 18.2 Å². The fraction of sp³-hybridized carbons (Fsp3) is 0.381. The molecule has 0 fully saturated rings. The Morgan fingerprint density at radius 3 is 2.32 bits per heavy atom. The van der Waals surface area contributed by atoms with Gasteiger partial charge in [0, 0.05) is 12.8 Å². The van der Waals surface area contributed by atoms with Crippen LogP contribution in [-0.4, -0.2) is 18.3 Å². The molecule has 0 amide bonds. The van der Waals surface area contributed by atoms with E-state index in [9.17, 15) is 10.4 Å². The van der Waals surface area contributed by atoms with Crippen molar-refractivity contribution < 1.29 is 14.6 Å². The average molecular weight is 337 g/mol. The SMILES string of the molecule is COc1ccc(C(O)C(C)(C)C#N)cc1OC1Cc2ccccc2C1. The van der Waals surface area contributed by atoms with Gasteiger partial charge in [0.1, 0.15) is 6.10 Å². The first-order chi connectivity index (χ1) is 11.9.